The number of nitrogens with one attached hydrogen (secondary N) is 1. The van der Waals surface area contributed by atoms with E-state index in [0.29, 0.717) is 56.6 Å². The smallest absolute Gasteiger partial charge is 0.409 e. The van der Waals surface area contributed by atoms with Gasteiger partial charge < -0.3 is 24.4 Å². The van der Waals surface area contributed by atoms with Crippen LogP contribution < -0.4 is 10.5 Å². The summed E-state index contributed by atoms with van der Waals surface area (Å²) in [7, 11) is 0. The Kier molecular flexibility index (Phi) is 7.37. The molecule has 194 valence electrons. The number of nitrogens with zero attached hydrogens (tertiary/aromatic N) is 3. The van der Waals surface area contributed by atoms with Crippen LogP contribution in [0.4, 0.5) is 10.5 Å². The summed E-state index contributed by atoms with van der Waals surface area (Å²) in [6.45, 7) is 5.17. The molecule has 2 aromatic carbocycles. The molecule has 0 bridgehead atoms. The molecule has 0 radical (unpaired) electrons. The van der Waals surface area contributed by atoms with Gasteiger partial charge in [-0.3, -0.25) is 9.59 Å². The van der Waals surface area contributed by atoms with Crippen LogP contribution in [0.1, 0.15) is 19.8 Å². The first-order valence-corrected chi connectivity index (χ1v) is 13.2. The predicted octanol–water partition coefficient (Wildman–Crippen LogP) is 4.37. The first-order chi connectivity index (χ1) is 18.0. The Morgan fingerprint density at radius 2 is 1.76 bits per heavy atom. The number of ether oxygens (including phenoxy) is 1. The van der Waals surface area contributed by atoms with Crippen LogP contribution in [0, 0.1) is 5.92 Å². The van der Waals surface area contributed by atoms with Gasteiger partial charge in [-0.25, -0.2) is 4.79 Å². The van der Waals surface area contributed by atoms with E-state index in [0.717, 1.165) is 34.9 Å². The van der Waals surface area contributed by atoms with Crippen molar-refractivity contribution in [3.05, 3.63) is 63.9 Å². The van der Waals surface area contributed by atoms with Gasteiger partial charge in [0.05, 0.1) is 12.5 Å². The number of aromatic nitrogens is 1. The molecule has 0 aliphatic carbocycles. The summed E-state index contributed by atoms with van der Waals surface area (Å²) in [5.41, 5.74) is 2.88. The van der Waals surface area contributed by atoms with Crippen LogP contribution in [0.5, 0.6) is 0 Å². The molecule has 3 aromatic rings. The molecule has 2 saturated heterocycles. The number of halogens is 1. The normalized spacial score (nSPS) is 18.2. The zero-order valence-corrected chi connectivity index (χ0v) is 21.7. The van der Waals surface area contributed by atoms with Gasteiger partial charge in [-0.1, -0.05) is 41.9 Å². The van der Waals surface area contributed by atoms with Crippen LogP contribution in [0.25, 0.3) is 22.0 Å². The molecular formula is C28H31ClN4O4. The number of carbonyl (C=O) groups is 2. The van der Waals surface area contributed by atoms with Gasteiger partial charge in [0, 0.05) is 60.8 Å². The zero-order chi connectivity index (χ0) is 25.9. The highest BCUT2D eigenvalue weighted by Gasteiger charge is 2.34. The molecule has 1 N–H and O–H groups in total. The zero-order valence-electron chi connectivity index (χ0n) is 20.9. The van der Waals surface area contributed by atoms with Crippen molar-refractivity contribution in [2.45, 2.75) is 19.8 Å². The molecule has 1 atom stereocenters. The average molecular weight is 523 g/mol. The molecule has 2 fully saturated rings. The molecule has 2 aliphatic heterocycles. The Bertz CT molecular complexity index is 1350. The third-order valence-corrected chi connectivity index (χ3v) is 7.45. The largest absolute Gasteiger partial charge is 0.450 e. The Morgan fingerprint density at radius 1 is 1.03 bits per heavy atom. The maximum absolute atomic E-state index is 13.5. The third-order valence-electron chi connectivity index (χ3n) is 7.22. The van der Waals surface area contributed by atoms with E-state index in [9.17, 15) is 14.4 Å². The molecule has 3 heterocycles. The van der Waals surface area contributed by atoms with Crippen LogP contribution in [0.3, 0.4) is 0 Å². The summed E-state index contributed by atoms with van der Waals surface area (Å²) in [6, 6.07) is 15.3. The van der Waals surface area contributed by atoms with Crippen LogP contribution >= 0.6 is 11.6 Å². The number of pyridine rings is 1. The standard InChI is InChI=1S/C28H31ClN4O4/c1-2-37-28(36)32-15-13-31(14-16-32)27(35)20-9-6-12-33(18-20)25-24(19-7-4-3-5-8-19)22-17-21(29)10-11-23(22)30-26(25)34/h3-5,7-8,10-11,17,20H,2,6,9,12-16,18H2,1H3,(H,30,34). The molecule has 9 heteroatoms. The molecule has 5 rings (SSSR count). The second-order valence-corrected chi connectivity index (χ2v) is 9.97. The molecule has 37 heavy (non-hydrogen) atoms. The Balaban J connectivity index is 1.42. The van der Waals surface area contributed by atoms with Gasteiger partial charge in [0.15, 0.2) is 0 Å². The molecule has 8 nitrogen and oxygen atoms in total. The minimum atomic E-state index is -0.331. The highest BCUT2D eigenvalue weighted by atomic mass is 35.5. The van der Waals surface area contributed by atoms with Crippen LogP contribution in [-0.2, 0) is 9.53 Å². The monoisotopic (exact) mass is 522 g/mol. The minimum absolute atomic E-state index is 0.0785. The van der Waals surface area contributed by atoms with E-state index in [1.807, 2.05) is 47.4 Å². The van der Waals surface area contributed by atoms with Gasteiger partial charge in [0.2, 0.25) is 5.91 Å². The molecule has 0 saturated carbocycles. The van der Waals surface area contributed by atoms with Crippen molar-refractivity contribution in [2.24, 2.45) is 5.92 Å². The number of H-pyrrole nitrogens is 1. The van der Waals surface area contributed by atoms with Crippen molar-refractivity contribution in [1.82, 2.24) is 14.8 Å². The molecular weight excluding hydrogens is 492 g/mol. The lowest BCUT2D eigenvalue weighted by atomic mass is 9.93. The first-order valence-electron chi connectivity index (χ1n) is 12.8. The van der Waals surface area contributed by atoms with E-state index in [4.69, 9.17) is 16.3 Å². The molecule has 2 amide bonds. The van der Waals surface area contributed by atoms with Crippen molar-refractivity contribution < 1.29 is 14.3 Å². The van der Waals surface area contributed by atoms with Gasteiger partial charge in [-0.2, -0.15) is 0 Å². The van der Waals surface area contributed by atoms with Gasteiger partial charge in [0.1, 0.15) is 5.69 Å². The fourth-order valence-electron chi connectivity index (χ4n) is 5.42. The van der Waals surface area contributed by atoms with E-state index in [1.165, 1.54) is 0 Å². The highest BCUT2D eigenvalue weighted by Crippen LogP contribution is 2.37. The van der Waals surface area contributed by atoms with Crippen molar-refractivity contribution in [3.63, 3.8) is 0 Å². The fourth-order valence-corrected chi connectivity index (χ4v) is 5.59. The van der Waals surface area contributed by atoms with Gasteiger partial charge >= 0.3 is 6.09 Å². The SMILES string of the molecule is CCOC(=O)N1CCN(C(=O)C2CCCN(c3c(-c4ccccc4)c4cc(Cl)ccc4[nH]c3=O)C2)CC1. The maximum atomic E-state index is 13.5. The summed E-state index contributed by atoms with van der Waals surface area (Å²) in [5, 5.41) is 1.47. The summed E-state index contributed by atoms with van der Waals surface area (Å²) in [6.07, 6.45) is 1.24. The number of hydrogen-bond acceptors (Lipinski definition) is 5. The number of aromatic amines is 1. The molecule has 1 aromatic heterocycles. The van der Waals surface area contributed by atoms with Crippen LogP contribution in [-0.4, -0.2) is 72.7 Å². The number of hydrogen-bond donors (Lipinski definition) is 1. The van der Waals surface area contributed by atoms with Crippen LogP contribution in [0.15, 0.2) is 53.3 Å². The second kappa shape index (κ2) is 10.8. The van der Waals surface area contributed by atoms with Gasteiger partial charge in [-0.15, -0.1) is 0 Å². The molecule has 2 aliphatic rings. The summed E-state index contributed by atoms with van der Waals surface area (Å²) in [4.78, 5) is 47.6. The number of carbonyl (C=O) groups excluding carboxylic acids is 2. The topological polar surface area (TPSA) is 85.9 Å². The van der Waals surface area contributed by atoms with E-state index in [-0.39, 0.29) is 23.5 Å². The van der Waals surface area contributed by atoms with Gasteiger partial charge in [0.25, 0.3) is 5.56 Å². The first kappa shape index (κ1) is 25.1. The lowest BCUT2D eigenvalue weighted by Crippen LogP contribution is -2.54. The number of amides is 2. The summed E-state index contributed by atoms with van der Waals surface area (Å²) >= 11 is 6.37. The second-order valence-electron chi connectivity index (χ2n) is 9.53. The molecule has 1 unspecified atom stereocenters. The van der Waals surface area contributed by atoms with E-state index in [2.05, 4.69) is 9.88 Å². The number of benzene rings is 2. The highest BCUT2D eigenvalue weighted by molar-refractivity contribution is 6.31. The third kappa shape index (κ3) is 5.16. The number of piperazine rings is 1. The Hall–Kier alpha value is -3.52. The Morgan fingerprint density at radius 3 is 2.49 bits per heavy atom. The summed E-state index contributed by atoms with van der Waals surface area (Å²) in [5.74, 6) is -0.143. The lowest BCUT2D eigenvalue weighted by Gasteiger charge is -2.39. The Labute approximate surface area is 220 Å². The molecule has 0 spiro atoms. The number of rotatable bonds is 4. The maximum Gasteiger partial charge on any atom is 0.409 e. The van der Waals surface area contributed by atoms with Crippen molar-refractivity contribution in [3.8, 4) is 11.1 Å². The number of piperidine rings is 1. The quantitative estimate of drug-likeness (QED) is 0.550. The average Bonchev–Trinajstić information content (AvgIpc) is 2.93. The minimum Gasteiger partial charge on any atom is -0.450 e. The van der Waals surface area contributed by atoms with E-state index in [1.54, 1.807) is 17.9 Å². The van der Waals surface area contributed by atoms with E-state index >= 15 is 0 Å². The summed E-state index contributed by atoms with van der Waals surface area (Å²) < 4.78 is 5.09. The van der Waals surface area contributed by atoms with Crippen molar-refractivity contribution in [1.29, 1.82) is 0 Å². The number of anilines is 1. The van der Waals surface area contributed by atoms with Gasteiger partial charge in [-0.05, 0) is 43.5 Å². The lowest BCUT2D eigenvalue weighted by molar-refractivity contribution is -0.137. The van der Waals surface area contributed by atoms with Crippen molar-refractivity contribution >= 4 is 40.2 Å². The van der Waals surface area contributed by atoms with Crippen molar-refractivity contribution in [2.75, 3.05) is 50.8 Å². The van der Waals surface area contributed by atoms with Crippen LogP contribution in [0.2, 0.25) is 5.02 Å². The predicted molar refractivity (Wildman–Crippen MR) is 145 cm³/mol. The fraction of sp³-hybridized carbons (Fsp3) is 0.393. The number of fused-ring (bicyclic) bond motifs is 1. The van der Waals surface area contributed by atoms with E-state index < -0.39 is 0 Å².